The van der Waals surface area contributed by atoms with E-state index in [0.29, 0.717) is 15.7 Å². The maximum absolute atomic E-state index is 11.8. The number of hydrogen-bond donors (Lipinski definition) is 3. The molecule has 23 heavy (non-hydrogen) atoms. The number of carbonyl (C=O) groups is 1. The van der Waals surface area contributed by atoms with Crippen molar-refractivity contribution >= 4 is 45.9 Å². The van der Waals surface area contributed by atoms with Gasteiger partial charge in [-0.05, 0) is 17.7 Å². The molecule has 1 unspecified atom stereocenters. The number of aliphatic hydroxyl groups is 1. The molecule has 1 atom stereocenters. The molecule has 122 valence electrons. The number of halogens is 1. The Hall–Kier alpha value is -1.61. The highest BCUT2D eigenvalue weighted by Gasteiger charge is 2.12. The van der Waals surface area contributed by atoms with E-state index in [4.69, 9.17) is 11.6 Å². The van der Waals surface area contributed by atoms with Gasteiger partial charge in [-0.15, -0.1) is 16.8 Å². The van der Waals surface area contributed by atoms with Gasteiger partial charge in [0.05, 0.1) is 6.10 Å². The zero-order chi connectivity index (χ0) is 16.7. The Balaban J connectivity index is 1.80. The molecule has 2 amide bonds. The first-order chi connectivity index (χ1) is 11.1. The highest BCUT2D eigenvalue weighted by molar-refractivity contribution is 8.01. The average Bonchev–Trinajstić information content (AvgIpc) is 2.98. The molecule has 0 spiro atoms. The standard InChI is InChI=1S/C14H15ClN4O2S2/c1-2-6-22-14-19-18-13(23-14)17-12(21)16-8-11(20)9-4-3-5-10(15)7-9/h2-5,7,11,20H,1,6,8H2,(H2,16,17,18,21). The number of aromatic nitrogens is 2. The molecule has 0 saturated heterocycles. The Bertz CT molecular complexity index is 680. The molecule has 0 aliphatic carbocycles. The number of thioether (sulfide) groups is 1. The molecule has 2 rings (SSSR count). The summed E-state index contributed by atoms with van der Waals surface area (Å²) in [5.41, 5.74) is 0.636. The Kier molecular flexibility index (Phi) is 6.85. The third-order valence-electron chi connectivity index (χ3n) is 2.64. The lowest BCUT2D eigenvalue weighted by atomic mass is 10.1. The van der Waals surface area contributed by atoms with E-state index in [1.165, 1.54) is 23.1 Å². The summed E-state index contributed by atoms with van der Waals surface area (Å²) in [6.07, 6.45) is 0.927. The summed E-state index contributed by atoms with van der Waals surface area (Å²) in [6, 6.07) is 6.39. The second-order valence-corrected chi connectivity index (χ2v) is 7.06. The van der Waals surface area contributed by atoms with Crippen molar-refractivity contribution in [2.24, 2.45) is 0 Å². The zero-order valence-electron chi connectivity index (χ0n) is 12.0. The third kappa shape index (κ3) is 5.83. The molecular formula is C14H15ClN4O2S2. The number of urea groups is 1. The van der Waals surface area contributed by atoms with E-state index in [9.17, 15) is 9.90 Å². The van der Waals surface area contributed by atoms with Crippen molar-refractivity contribution < 1.29 is 9.90 Å². The van der Waals surface area contributed by atoms with Crippen LogP contribution < -0.4 is 10.6 Å². The molecule has 0 radical (unpaired) electrons. The fourth-order valence-corrected chi connectivity index (χ4v) is 3.32. The van der Waals surface area contributed by atoms with Crippen molar-refractivity contribution in [1.29, 1.82) is 0 Å². The van der Waals surface area contributed by atoms with Crippen LogP contribution in [0.25, 0.3) is 0 Å². The number of hydrogen-bond acceptors (Lipinski definition) is 6. The van der Waals surface area contributed by atoms with Gasteiger partial charge in [-0.25, -0.2) is 4.79 Å². The van der Waals surface area contributed by atoms with Crippen LogP contribution in [0.4, 0.5) is 9.93 Å². The number of aliphatic hydroxyl groups excluding tert-OH is 1. The number of anilines is 1. The smallest absolute Gasteiger partial charge is 0.321 e. The van der Waals surface area contributed by atoms with Crippen LogP contribution in [0.2, 0.25) is 5.02 Å². The fraction of sp³-hybridized carbons (Fsp3) is 0.214. The van der Waals surface area contributed by atoms with Crippen LogP contribution in [-0.4, -0.2) is 33.6 Å². The van der Waals surface area contributed by atoms with Crippen LogP contribution >= 0.6 is 34.7 Å². The summed E-state index contributed by atoms with van der Waals surface area (Å²) in [5.74, 6) is 0.729. The van der Waals surface area contributed by atoms with Crippen LogP contribution in [0, 0.1) is 0 Å². The molecule has 0 saturated carbocycles. The van der Waals surface area contributed by atoms with E-state index in [1.54, 1.807) is 30.3 Å². The maximum atomic E-state index is 11.8. The van der Waals surface area contributed by atoms with Crippen LogP contribution in [-0.2, 0) is 0 Å². The molecule has 2 aromatic rings. The molecule has 9 heteroatoms. The van der Waals surface area contributed by atoms with Gasteiger partial charge in [-0.1, -0.05) is 52.9 Å². The van der Waals surface area contributed by atoms with Gasteiger partial charge in [0.2, 0.25) is 5.13 Å². The van der Waals surface area contributed by atoms with E-state index in [2.05, 4.69) is 27.4 Å². The minimum Gasteiger partial charge on any atom is -0.387 e. The van der Waals surface area contributed by atoms with Crippen molar-refractivity contribution in [3.05, 3.63) is 47.5 Å². The van der Waals surface area contributed by atoms with Gasteiger partial charge < -0.3 is 10.4 Å². The zero-order valence-corrected chi connectivity index (χ0v) is 14.4. The summed E-state index contributed by atoms with van der Waals surface area (Å²) in [5, 5.41) is 23.9. The van der Waals surface area contributed by atoms with Crippen LogP contribution in [0.15, 0.2) is 41.3 Å². The molecule has 0 fully saturated rings. The third-order valence-corrected chi connectivity index (χ3v) is 4.84. The maximum Gasteiger partial charge on any atom is 0.321 e. The van der Waals surface area contributed by atoms with Gasteiger partial charge in [-0.2, -0.15) is 0 Å². The number of rotatable bonds is 7. The summed E-state index contributed by atoms with van der Waals surface area (Å²) < 4.78 is 0.749. The van der Waals surface area contributed by atoms with E-state index >= 15 is 0 Å². The number of carbonyl (C=O) groups excluding carboxylic acids is 1. The number of benzene rings is 1. The SMILES string of the molecule is C=CCSc1nnc(NC(=O)NCC(O)c2cccc(Cl)c2)s1. The van der Waals surface area contributed by atoms with Crippen LogP contribution in [0.5, 0.6) is 0 Å². The first kappa shape index (κ1) is 17.7. The Morgan fingerprint density at radius 3 is 3.09 bits per heavy atom. The minimum absolute atomic E-state index is 0.0586. The minimum atomic E-state index is -0.840. The topological polar surface area (TPSA) is 87.1 Å². The first-order valence-corrected chi connectivity index (χ1v) is 8.82. The van der Waals surface area contributed by atoms with E-state index in [-0.39, 0.29) is 6.54 Å². The van der Waals surface area contributed by atoms with E-state index < -0.39 is 12.1 Å². The summed E-state index contributed by atoms with van der Waals surface area (Å²) in [6.45, 7) is 3.68. The quantitative estimate of drug-likeness (QED) is 0.395. The number of amides is 2. The number of nitrogens with zero attached hydrogens (tertiary/aromatic N) is 2. The lowest BCUT2D eigenvalue weighted by Crippen LogP contribution is -2.32. The molecule has 1 heterocycles. The van der Waals surface area contributed by atoms with Crippen molar-refractivity contribution in [2.75, 3.05) is 17.6 Å². The highest BCUT2D eigenvalue weighted by atomic mass is 35.5. The van der Waals surface area contributed by atoms with Crippen molar-refractivity contribution in [1.82, 2.24) is 15.5 Å². The lowest BCUT2D eigenvalue weighted by molar-refractivity contribution is 0.175. The lowest BCUT2D eigenvalue weighted by Gasteiger charge is -2.12. The van der Waals surface area contributed by atoms with E-state index in [0.717, 1.165) is 10.1 Å². The monoisotopic (exact) mass is 370 g/mol. The van der Waals surface area contributed by atoms with Gasteiger partial charge in [0.25, 0.3) is 0 Å². The first-order valence-electron chi connectivity index (χ1n) is 6.64. The highest BCUT2D eigenvalue weighted by Crippen LogP contribution is 2.25. The van der Waals surface area contributed by atoms with Gasteiger partial charge in [0.15, 0.2) is 4.34 Å². The molecular weight excluding hydrogens is 356 g/mol. The van der Waals surface area contributed by atoms with E-state index in [1.807, 2.05) is 0 Å². The van der Waals surface area contributed by atoms with Gasteiger partial charge in [0, 0.05) is 17.3 Å². The second-order valence-electron chi connectivity index (χ2n) is 4.38. The molecule has 1 aromatic heterocycles. The summed E-state index contributed by atoms with van der Waals surface area (Å²) in [7, 11) is 0. The molecule has 1 aromatic carbocycles. The van der Waals surface area contributed by atoms with Gasteiger partial charge >= 0.3 is 6.03 Å². The second kappa shape index (κ2) is 8.88. The molecule has 0 aliphatic rings. The summed E-state index contributed by atoms with van der Waals surface area (Å²) in [4.78, 5) is 11.8. The Labute approximate surface area is 147 Å². The van der Waals surface area contributed by atoms with Crippen LogP contribution in [0.3, 0.4) is 0 Å². The van der Waals surface area contributed by atoms with Crippen LogP contribution in [0.1, 0.15) is 11.7 Å². The number of nitrogens with one attached hydrogen (secondary N) is 2. The van der Waals surface area contributed by atoms with Crippen molar-refractivity contribution in [2.45, 2.75) is 10.4 Å². The predicted octanol–water partition coefficient (Wildman–Crippen LogP) is 3.32. The average molecular weight is 371 g/mol. The molecule has 6 nitrogen and oxygen atoms in total. The van der Waals surface area contributed by atoms with Crippen molar-refractivity contribution in [3.63, 3.8) is 0 Å². The fourth-order valence-electron chi connectivity index (χ4n) is 1.61. The largest absolute Gasteiger partial charge is 0.387 e. The molecule has 0 bridgehead atoms. The molecule has 0 aliphatic heterocycles. The normalized spacial score (nSPS) is 11.7. The van der Waals surface area contributed by atoms with Gasteiger partial charge in [-0.3, -0.25) is 5.32 Å². The van der Waals surface area contributed by atoms with Gasteiger partial charge in [0.1, 0.15) is 0 Å². The Morgan fingerprint density at radius 1 is 1.52 bits per heavy atom. The Morgan fingerprint density at radius 2 is 2.35 bits per heavy atom. The summed E-state index contributed by atoms with van der Waals surface area (Å²) >= 11 is 8.63. The molecule has 3 N–H and O–H groups in total. The predicted molar refractivity (Wildman–Crippen MR) is 94.3 cm³/mol. The van der Waals surface area contributed by atoms with Crippen molar-refractivity contribution in [3.8, 4) is 0 Å².